The summed E-state index contributed by atoms with van der Waals surface area (Å²) in [5.41, 5.74) is 1.08. The summed E-state index contributed by atoms with van der Waals surface area (Å²) in [6, 6.07) is 7.49. The first-order valence-corrected chi connectivity index (χ1v) is 8.47. The van der Waals surface area contributed by atoms with Crippen LogP contribution in [-0.2, 0) is 11.2 Å². The number of anilines is 1. The van der Waals surface area contributed by atoms with E-state index in [-0.39, 0.29) is 5.91 Å². The number of nitrogens with zero attached hydrogens (tertiary/aromatic N) is 2. The molecule has 7 heteroatoms. The second kappa shape index (κ2) is 8.17. The molecule has 4 nitrogen and oxygen atoms in total. The van der Waals surface area contributed by atoms with Crippen molar-refractivity contribution >= 4 is 45.7 Å². The molecule has 0 aliphatic carbocycles. The Morgan fingerprint density at radius 3 is 2.86 bits per heavy atom. The third-order valence-corrected chi connectivity index (χ3v) is 4.75. The van der Waals surface area contributed by atoms with Crippen molar-refractivity contribution in [1.82, 2.24) is 10.2 Å². The fourth-order valence-corrected chi connectivity index (χ4v) is 3.19. The maximum Gasteiger partial charge on any atom is 0.226 e. The molecule has 1 aromatic heterocycles. The van der Waals surface area contributed by atoms with Gasteiger partial charge in [0.05, 0.1) is 0 Å². The van der Waals surface area contributed by atoms with Crippen LogP contribution in [0, 0.1) is 0 Å². The largest absolute Gasteiger partial charge is 0.300 e. The van der Waals surface area contributed by atoms with Crippen LogP contribution in [-0.4, -0.2) is 21.9 Å². The SMILES string of the molecule is C=CCSc1nnc(NC(=O)CCc2ccc(Cl)cc2)s1. The van der Waals surface area contributed by atoms with E-state index in [0.717, 1.165) is 15.7 Å². The van der Waals surface area contributed by atoms with Crippen molar-refractivity contribution in [1.29, 1.82) is 0 Å². The fourth-order valence-electron chi connectivity index (χ4n) is 1.54. The van der Waals surface area contributed by atoms with Crippen LogP contribution < -0.4 is 5.32 Å². The predicted molar refractivity (Wildman–Crippen MR) is 89.2 cm³/mol. The molecule has 0 unspecified atom stereocenters. The minimum Gasteiger partial charge on any atom is -0.300 e. The smallest absolute Gasteiger partial charge is 0.226 e. The summed E-state index contributed by atoms with van der Waals surface area (Å²) in [4.78, 5) is 11.9. The van der Waals surface area contributed by atoms with Crippen LogP contribution in [0.3, 0.4) is 0 Å². The van der Waals surface area contributed by atoms with E-state index in [4.69, 9.17) is 11.6 Å². The molecule has 0 spiro atoms. The number of aryl methyl sites for hydroxylation is 1. The van der Waals surface area contributed by atoms with Crippen molar-refractivity contribution in [3.05, 3.63) is 47.5 Å². The average molecular weight is 340 g/mol. The first kappa shape index (κ1) is 16.0. The maximum atomic E-state index is 11.9. The van der Waals surface area contributed by atoms with Gasteiger partial charge >= 0.3 is 0 Å². The fraction of sp³-hybridized carbons (Fsp3) is 0.214. The van der Waals surface area contributed by atoms with Crippen LogP contribution in [0.25, 0.3) is 0 Å². The standard InChI is InChI=1S/C14H14ClN3OS2/c1-2-9-20-14-18-17-13(21-14)16-12(19)8-5-10-3-6-11(15)7-4-10/h2-4,6-7H,1,5,8-9H2,(H,16,17,19). The summed E-state index contributed by atoms with van der Waals surface area (Å²) in [6.45, 7) is 3.65. The van der Waals surface area contributed by atoms with E-state index in [1.807, 2.05) is 24.3 Å². The number of hydrogen-bond donors (Lipinski definition) is 1. The van der Waals surface area contributed by atoms with E-state index in [2.05, 4.69) is 22.1 Å². The molecule has 0 aliphatic rings. The van der Waals surface area contributed by atoms with E-state index in [1.54, 1.807) is 17.8 Å². The molecular weight excluding hydrogens is 326 g/mol. The Kier molecular flexibility index (Phi) is 6.22. The molecule has 0 atom stereocenters. The van der Waals surface area contributed by atoms with E-state index < -0.39 is 0 Å². The molecule has 110 valence electrons. The molecule has 1 aromatic carbocycles. The first-order valence-electron chi connectivity index (χ1n) is 6.29. The molecule has 1 amide bonds. The average Bonchev–Trinajstić information content (AvgIpc) is 2.92. The Morgan fingerprint density at radius 2 is 2.14 bits per heavy atom. The molecule has 2 rings (SSSR count). The van der Waals surface area contributed by atoms with Gasteiger partial charge in [-0.1, -0.05) is 52.9 Å². The topological polar surface area (TPSA) is 54.9 Å². The van der Waals surface area contributed by atoms with Crippen molar-refractivity contribution in [2.24, 2.45) is 0 Å². The Labute approximate surface area is 136 Å². The minimum absolute atomic E-state index is 0.0682. The van der Waals surface area contributed by atoms with Gasteiger partial charge in [-0.05, 0) is 24.1 Å². The number of amides is 1. The summed E-state index contributed by atoms with van der Waals surface area (Å²) in [6.07, 6.45) is 2.87. The molecule has 0 fully saturated rings. The zero-order valence-electron chi connectivity index (χ0n) is 11.2. The van der Waals surface area contributed by atoms with Crippen LogP contribution in [0.15, 0.2) is 41.3 Å². The maximum absolute atomic E-state index is 11.9. The predicted octanol–water partition coefficient (Wildman–Crippen LogP) is 4.04. The molecule has 0 aliphatic heterocycles. The van der Waals surface area contributed by atoms with Crippen LogP contribution in [0.4, 0.5) is 5.13 Å². The molecule has 0 radical (unpaired) electrons. The van der Waals surface area contributed by atoms with Gasteiger partial charge in [0.15, 0.2) is 4.34 Å². The first-order chi connectivity index (χ1) is 10.2. The van der Waals surface area contributed by atoms with Crippen LogP contribution in [0.5, 0.6) is 0 Å². The molecule has 0 saturated heterocycles. The third kappa shape index (κ3) is 5.49. The highest BCUT2D eigenvalue weighted by atomic mass is 35.5. The summed E-state index contributed by atoms with van der Waals surface area (Å²) in [5.74, 6) is 0.709. The number of hydrogen-bond acceptors (Lipinski definition) is 5. The van der Waals surface area contributed by atoms with Gasteiger partial charge in [-0.2, -0.15) is 0 Å². The molecule has 2 aromatic rings. The second-order valence-electron chi connectivity index (χ2n) is 4.15. The van der Waals surface area contributed by atoms with Crippen LogP contribution >= 0.6 is 34.7 Å². The normalized spacial score (nSPS) is 10.3. The highest BCUT2D eigenvalue weighted by Gasteiger charge is 2.08. The highest BCUT2D eigenvalue weighted by Crippen LogP contribution is 2.25. The lowest BCUT2D eigenvalue weighted by Crippen LogP contribution is -2.12. The monoisotopic (exact) mass is 339 g/mol. The van der Waals surface area contributed by atoms with Crippen LogP contribution in [0.1, 0.15) is 12.0 Å². The number of nitrogens with one attached hydrogen (secondary N) is 1. The number of carbonyl (C=O) groups excluding carboxylic acids is 1. The van der Waals surface area contributed by atoms with E-state index in [0.29, 0.717) is 23.0 Å². The van der Waals surface area contributed by atoms with Crippen molar-refractivity contribution in [3.63, 3.8) is 0 Å². The minimum atomic E-state index is -0.0682. The van der Waals surface area contributed by atoms with Crippen molar-refractivity contribution < 1.29 is 4.79 Å². The number of aromatic nitrogens is 2. The summed E-state index contributed by atoms with van der Waals surface area (Å²) in [5, 5.41) is 11.9. The van der Waals surface area contributed by atoms with Crippen molar-refractivity contribution in [2.45, 2.75) is 17.2 Å². The second-order valence-corrected chi connectivity index (χ2v) is 6.83. The van der Waals surface area contributed by atoms with Gasteiger partial charge < -0.3 is 5.32 Å². The Morgan fingerprint density at radius 1 is 1.38 bits per heavy atom. The number of benzene rings is 1. The van der Waals surface area contributed by atoms with Gasteiger partial charge in [-0.15, -0.1) is 16.8 Å². The molecular formula is C14H14ClN3OS2. The molecule has 0 saturated carbocycles. The quantitative estimate of drug-likeness (QED) is 0.470. The van der Waals surface area contributed by atoms with Crippen molar-refractivity contribution in [2.75, 3.05) is 11.1 Å². The molecule has 21 heavy (non-hydrogen) atoms. The Hall–Kier alpha value is -1.37. The van der Waals surface area contributed by atoms with Gasteiger partial charge in [-0.25, -0.2) is 0 Å². The van der Waals surface area contributed by atoms with Gasteiger partial charge in [-0.3, -0.25) is 4.79 Å². The zero-order chi connectivity index (χ0) is 15.1. The number of halogens is 1. The summed E-state index contributed by atoms with van der Waals surface area (Å²) in [7, 11) is 0. The highest BCUT2D eigenvalue weighted by molar-refractivity contribution is 8.01. The van der Waals surface area contributed by atoms with Gasteiger partial charge in [0.1, 0.15) is 0 Å². The van der Waals surface area contributed by atoms with E-state index >= 15 is 0 Å². The van der Waals surface area contributed by atoms with E-state index in [9.17, 15) is 4.79 Å². The zero-order valence-corrected chi connectivity index (χ0v) is 13.6. The molecule has 1 N–H and O–H groups in total. The van der Waals surface area contributed by atoms with Gasteiger partial charge in [0.2, 0.25) is 11.0 Å². The number of thioether (sulfide) groups is 1. The third-order valence-electron chi connectivity index (χ3n) is 2.53. The van der Waals surface area contributed by atoms with Crippen LogP contribution in [0.2, 0.25) is 5.02 Å². The van der Waals surface area contributed by atoms with Gasteiger partial charge in [0.25, 0.3) is 0 Å². The number of carbonyl (C=O) groups is 1. The van der Waals surface area contributed by atoms with Crippen molar-refractivity contribution in [3.8, 4) is 0 Å². The lowest BCUT2D eigenvalue weighted by Gasteiger charge is -2.02. The summed E-state index contributed by atoms with van der Waals surface area (Å²) < 4.78 is 0.822. The molecule has 1 heterocycles. The Bertz CT molecular complexity index is 613. The van der Waals surface area contributed by atoms with E-state index in [1.165, 1.54) is 11.3 Å². The van der Waals surface area contributed by atoms with Gasteiger partial charge in [0, 0.05) is 17.2 Å². The summed E-state index contributed by atoms with van der Waals surface area (Å²) >= 11 is 8.73. The number of rotatable bonds is 7. The molecule has 0 bridgehead atoms. The Balaban J connectivity index is 1.80. The lowest BCUT2D eigenvalue weighted by molar-refractivity contribution is -0.116. The lowest BCUT2D eigenvalue weighted by atomic mass is 10.1.